The predicted molar refractivity (Wildman–Crippen MR) is 111 cm³/mol. The van der Waals surface area contributed by atoms with Gasteiger partial charge >= 0.3 is 11.9 Å². The molecule has 1 aliphatic heterocycles. The Morgan fingerprint density at radius 1 is 1.09 bits per heavy atom. The van der Waals surface area contributed by atoms with Gasteiger partial charge in [0.05, 0.1) is 11.3 Å². The van der Waals surface area contributed by atoms with Crippen LogP contribution < -0.4 is 26.0 Å². The Bertz CT molecular complexity index is 1500. The number of anilines is 1. The van der Waals surface area contributed by atoms with Gasteiger partial charge in [0.25, 0.3) is 5.56 Å². The van der Waals surface area contributed by atoms with Gasteiger partial charge in [-0.1, -0.05) is 18.2 Å². The third kappa shape index (κ3) is 3.75. The predicted octanol–water partition coefficient (Wildman–Crippen LogP) is 2.83. The number of ether oxygens (including phenoxy) is 2. The van der Waals surface area contributed by atoms with E-state index in [1.165, 1.54) is 36.5 Å². The summed E-state index contributed by atoms with van der Waals surface area (Å²) in [4.78, 5) is 36.2. The van der Waals surface area contributed by atoms with Gasteiger partial charge in [-0.15, -0.1) is 0 Å². The molecular formula is C21H14F3N5O4. The largest absolute Gasteiger partial charge is 0.454 e. The number of aromatic amines is 1. The first-order valence-electron chi connectivity index (χ1n) is 9.62. The van der Waals surface area contributed by atoms with Crippen LogP contribution in [0.3, 0.4) is 0 Å². The van der Waals surface area contributed by atoms with Crippen molar-refractivity contribution < 1.29 is 22.6 Å². The number of halogens is 3. The van der Waals surface area contributed by atoms with E-state index in [9.17, 15) is 22.8 Å². The first-order chi connectivity index (χ1) is 15.8. The third-order valence-electron chi connectivity index (χ3n) is 5.02. The van der Waals surface area contributed by atoms with Crippen molar-refractivity contribution in [2.75, 3.05) is 12.1 Å². The maximum absolute atomic E-state index is 13.2. The topological polar surface area (TPSA) is 111 Å². The maximum atomic E-state index is 13.2. The summed E-state index contributed by atoms with van der Waals surface area (Å²) in [5, 5.41) is 2.72. The zero-order chi connectivity index (χ0) is 23.2. The van der Waals surface area contributed by atoms with Gasteiger partial charge < -0.3 is 14.8 Å². The Kier molecular flexibility index (Phi) is 4.77. The number of fused-ring (bicyclic) bond motifs is 2. The minimum absolute atomic E-state index is 0.000385. The van der Waals surface area contributed by atoms with Gasteiger partial charge in [-0.05, 0) is 23.8 Å². The minimum atomic E-state index is -4.51. The number of nitrogens with zero attached hydrogens (tertiary/aromatic N) is 3. The molecule has 5 rings (SSSR count). The van der Waals surface area contributed by atoms with Crippen LogP contribution in [0.4, 0.5) is 19.1 Å². The van der Waals surface area contributed by atoms with Crippen LogP contribution in [0.25, 0.3) is 16.7 Å². The summed E-state index contributed by atoms with van der Waals surface area (Å²) in [7, 11) is 0. The second-order valence-corrected chi connectivity index (χ2v) is 7.07. The minimum Gasteiger partial charge on any atom is -0.454 e. The average molecular weight is 457 g/mol. The van der Waals surface area contributed by atoms with Crippen molar-refractivity contribution in [3.63, 3.8) is 0 Å². The molecule has 0 saturated carbocycles. The van der Waals surface area contributed by atoms with Crippen LogP contribution >= 0.6 is 0 Å². The monoisotopic (exact) mass is 457 g/mol. The summed E-state index contributed by atoms with van der Waals surface area (Å²) in [6.45, 7) is -0.168. The lowest BCUT2D eigenvalue weighted by Gasteiger charge is -2.13. The Morgan fingerprint density at radius 2 is 1.88 bits per heavy atom. The van der Waals surface area contributed by atoms with Crippen molar-refractivity contribution in [3.8, 4) is 17.2 Å². The molecule has 2 aromatic heterocycles. The number of benzene rings is 2. The van der Waals surface area contributed by atoms with E-state index < -0.39 is 23.0 Å². The molecule has 33 heavy (non-hydrogen) atoms. The summed E-state index contributed by atoms with van der Waals surface area (Å²) in [5.41, 5.74) is -1.99. The summed E-state index contributed by atoms with van der Waals surface area (Å²) in [6, 6.07) is 9.72. The highest BCUT2D eigenvalue weighted by Gasteiger charge is 2.32. The van der Waals surface area contributed by atoms with Crippen LogP contribution in [0.1, 0.15) is 11.1 Å². The molecule has 3 heterocycles. The molecule has 12 heteroatoms. The van der Waals surface area contributed by atoms with E-state index in [1.54, 1.807) is 6.07 Å². The molecule has 0 saturated heterocycles. The highest BCUT2D eigenvalue weighted by atomic mass is 19.4. The highest BCUT2D eigenvalue weighted by molar-refractivity contribution is 5.73. The molecule has 0 fully saturated rings. The van der Waals surface area contributed by atoms with Crippen LogP contribution in [-0.4, -0.2) is 26.3 Å². The maximum Gasteiger partial charge on any atom is 0.416 e. The van der Waals surface area contributed by atoms with Gasteiger partial charge in [0, 0.05) is 18.8 Å². The number of nitrogens with one attached hydrogen (secondary N) is 2. The van der Waals surface area contributed by atoms with E-state index in [0.29, 0.717) is 11.5 Å². The quantitative estimate of drug-likeness (QED) is 0.485. The van der Waals surface area contributed by atoms with Gasteiger partial charge in [0.1, 0.15) is 5.39 Å². The molecule has 2 N–H and O–H groups in total. The van der Waals surface area contributed by atoms with Crippen molar-refractivity contribution >= 4 is 17.0 Å². The molecule has 0 bridgehead atoms. The molecule has 0 unspecified atom stereocenters. The number of rotatable bonds is 4. The molecule has 0 radical (unpaired) electrons. The molecule has 168 valence electrons. The van der Waals surface area contributed by atoms with Crippen molar-refractivity contribution in [1.29, 1.82) is 0 Å². The van der Waals surface area contributed by atoms with E-state index in [-0.39, 0.29) is 41.6 Å². The molecule has 0 atom stereocenters. The van der Waals surface area contributed by atoms with Gasteiger partial charge in [0.15, 0.2) is 17.1 Å². The second-order valence-electron chi connectivity index (χ2n) is 7.07. The lowest BCUT2D eigenvalue weighted by atomic mass is 10.1. The van der Waals surface area contributed by atoms with E-state index in [2.05, 4.69) is 20.3 Å². The SMILES string of the molecule is O=c1[nH]c2nc(NCc3ccccc3C(F)(F)F)ncc2c(=O)n1-c1ccc2c(c1)OCO2. The van der Waals surface area contributed by atoms with Crippen molar-refractivity contribution in [1.82, 2.24) is 19.5 Å². The first kappa shape index (κ1) is 20.5. The number of hydrogen-bond donors (Lipinski definition) is 2. The fourth-order valence-electron chi connectivity index (χ4n) is 3.47. The Labute approximate surface area is 182 Å². The normalized spacial score (nSPS) is 12.8. The molecule has 0 spiro atoms. The number of aromatic nitrogens is 4. The highest BCUT2D eigenvalue weighted by Crippen LogP contribution is 2.33. The fraction of sp³-hybridized carbons (Fsp3) is 0.143. The second kappa shape index (κ2) is 7.65. The molecule has 9 nitrogen and oxygen atoms in total. The Morgan fingerprint density at radius 3 is 2.70 bits per heavy atom. The van der Waals surface area contributed by atoms with Gasteiger partial charge in [-0.3, -0.25) is 9.78 Å². The number of hydrogen-bond acceptors (Lipinski definition) is 7. The van der Waals surface area contributed by atoms with Crippen molar-refractivity contribution in [2.24, 2.45) is 0 Å². The molecule has 2 aromatic carbocycles. The van der Waals surface area contributed by atoms with Crippen LogP contribution in [0.5, 0.6) is 11.5 Å². The van der Waals surface area contributed by atoms with E-state index >= 15 is 0 Å². The van der Waals surface area contributed by atoms with Crippen LogP contribution in [-0.2, 0) is 12.7 Å². The van der Waals surface area contributed by atoms with Crippen LogP contribution in [0, 0.1) is 0 Å². The summed E-state index contributed by atoms with van der Waals surface area (Å²) in [6.07, 6.45) is -3.31. The molecule has 1 aliphatic rings. The Hall–Kier alpha value is -4.35. The van der Waals surface area contributed by atoms with Gasteiger partial charge in [0.2, 0.25) is 12.7 Å². The van der Waals surface area contributed by atoms with E-state index in [1.807, 2.05) is 0 Å². The average Bonchev–Trinajstić information content (AvgIpc) is 3.25. The first-order valence-corrected chi connectivity index (χ1v) is 9.62. The number of alkyl halides is 3. The summed E-state index contributed by atoms with van der Waals surface area (Å²) < 4.78 is 50.9. The zero-order valence-electron chi connectivity index (χ0n) is 16.6. The zero-order valence-corrected chi connectivity index (χ0v) is 16.6. The molecule has 0 amide bonds. The fourth-order valence-corrected chi connectivity index (χ4v) is 3.47. The third-order valence-corrected chi connectivity index (χ3v) is 5.02. The summed E-state index contributed by atoms with van der Waals surface area (Å²) in [5.74, 6) is 0.847. The number of H-pyrrole nitrogens is 1. The molecule has 4 aromatic rings. The van der Waals surface area contributed by atoms with Crippen LogP contribution in [0.2, 0.25) is 0 Å². The van der Waals surface area contributed by atoms with E-state index in [0.717, 1.165) is 10.6 Å². The Balaban J connectivity index is 1.47. The van der Waals surface area contributed by atoms with Gasteiger partial charge in [-0.25, -0.2) is 14.3 Å². The van der Waals surface area contributed by atoms with Crippen molar-refractivity contribution in [3.05, 3.63) is 80.6 Å². The standard InChI is InChI=1S/C21H14F3N5O4/c22-21(23,24)14-4-2-1-3-11(14)8-25-19-26-9-13-17(27-19)28-20(31)29(18(13)30)12-5-6-15-16(7-12)33-10-32-15/h1-7,9H,8,10H2,(H2,25,26,27,28,31). The lowest BCUT2D eigenvalue weighted by Crippen LogP contribution is -2.34. The molecule has 0 aliphatic carbocycles. The smallest absolute Gasteiger partial charge is 0.416 e. The molecular weight excluding hydrogens is 443 g/mol. The van der Waals surface area contributed by atoms with Gasteiger partial charge in [-0.2, -0.15) is 18.2 Å². The van der Waals surface area contributed by atoms with Crippen LogP contribution in [0.15, 0.2) is 58.3 Å². The van der Waals surface area contributed by atoms with Crippen molar-refractivity contribution in [2.45, 2.75) is 12.7 Å². The van der Waals surface area contributed by atoms with E-state index in [4.69, 9.17) is 9.47 Å². The lowest BCUT2D eigenvalue weighted by molar-refractivity contribution is -0.138. The summed E-state index contributed by atoms with van der Waals surface area (Å²) >= 11 is 0.